The van der Waals surface area contributed by atoms with Crippen molar-refractivity contribution in [2.24, 2.45) is 11.5 Å². The summed E-state index contributed by atoms with van der Waals surface area (Å²) in [7, 11) is 0. The molecule has 1 unspecified atom stereocenters. The smallest absolute Gasteiger partial charge is 0.475 e. The molecular weight excluding hydrogens is 568 g/mol. The standard InChI is InChI=1S/C21H31N3OS.2C2HF3O2/c22-14-6-4-10-18-12-13-19(26-18)11-5-7-15-24-21(25)20(16-23)17-8-2-1-3-9-17;2*3-2(4,5)1(6)7/h1-3,8-9,12-13,20H,4-7,10-11,14-16,22-23H2,(H,24,25);2*(H,6,7). The lowest BCUT2D eigenvalue weighted by Gasteiger charge is -2.15. The van der Waals surface area contributed by atoms with Gasteiger partial charge < -0.3 is 27.0 Å². The normalized spacial score (nSPS) is 11.8. The highest BCUT2D eigenvalue weighted by molar-refractivity contribution is 7.11. The summed E-state index contributed by atoms with van der Waals surface area (Å²) in [6, 6.07) is 14.2. The lowest BCUT2D eigenvalue weighted by molar-refractivity contribution is -0.193. The number of carbonyl (C=O) groups excluding carboxylic acids is 1. The molecular formula is C25H33F6N3O5S. The number of aryl methyl sites for hydroxylation is 2. The second kappa shape index (κ2) is 19.0. The number of carboxylic acids is 2. The first-order valence-corrected chi connectivity index (χ1v) is 12.9. The second-order valence-electron chi connectivity index (χ2n) is 8.17. The third-order valence-electron chi connectivity index (χ3n) is 4.98. The van der Waals surface area contributed by atoms with Gasteiger partial charge in [0.15, 0.2) is 0 Å². The minimum Gasteiger partial charge on any atom is -0.475 e. The maximum absolute atomic E-state index is 12.3. The van der Waals surface area contributed by atoms with Crippen molar-refractivity contribution in [3.63, 3.8) is 0 Å². The summed E-state index contributed by atoms with van der Waals surface area (Å²) >= 11 is 1.91. The number of rotatable bonds is 12. The number of carboxylic acid groups (broad SMARTS) is 2. The molecule has 0 aliphatic heterocycles. The molecule has 0 saturated carbocycles. The molecule has 0 saturated heterocycles. The molecule has 8 nitrogen and oxygen atoms in total. The fourth-order valence-corrected chi connectivity index (χ4v) is 4.08. The van der Waals surface area contributed by atoms with Crippen LogP contribution in [0.5, 0.6) is 0 Å². The number of hydrogen-bond donors (Lipinski definition) is 5. The van der Waals surface area contributed by atoms with E-state index in [9.17, 15) is 31.1 Å². The van der Waals surface area contributed by atoms with Crippen LogP contribution >= 0.6 is 11.3 Å². The number of aliphatic carboxylic acids is 2. The van der Waals surface area contributed by atoms with E-state index in [1.807, 2.05) is 41.7 Å². The van der Waals surface area contributed by atoms with Crippen LogP contribution in [0.3, 0.4) is 0 Å². The summed E-state index contributed by atoms with van der Waals surface area (Å²) in [5.41, 5.74) is 12.3. The van der Waals surface area contributed by atoms with Crippen LogP contribution in [-0.4, -0.2) is 60.0 Å². The third-order valence-corrected chi connectivity index (χ3v) is 6.19. The number of thiophene rings is 1. The van der Waals surface area contributed by atoms with Crippen molar-refractivity contribution in [2.75, 3.05) is 19.6 Å². The van der Waals surface area contributed by atoms with Crippen LogP contribution in [0.25, 0.3) is 0 Å². The molecule has 0 aliphatic rings. The Balaban J connectivity index is 0.000000894. The molecule has 15 heteroatoms. The Morgan fingerprint density at radius 1 is 0.775 bits per heavy atom. The minimum absolute atomic E-state index is 0.0250. The van der Waals surface area contributed by atoms with Gasteiger partial charge in [-0.15, -0.1) is 11.3 Å². The van der Waals surface area contributed by atoms with Gasteiger partial charge in [-0.25, -0.2) is 9.59 Å². The molecule has 2 rings (SSSR count). The zero-order chi connectivity index (χ0) is 30.8. The highest BCUT2D eigenvalue weighted by atomic mass is 32.1. The first-order chi connectivity index (χ1) is 18.6. The third kappa shape index (κ3) is 16.7. The van der Waals surface area contributed by atoms with Gasteiger partial charge in [-0.05, 0) is 62.8 Å². The summed E-state index contributed by atoms with van der Waals surface area (Å²) in [6.07, 6.45) is -3.61. The Bertz CT molecular complexity index is 992. The molecule has 0 aliphatic carbocycles. The molecule has 0 fully saturated rings. The van der Waals surface area contributed by atoms with Gasteiger partial charge in [-0.2, -0.15) is 26.3 Å². The average molecular weight is 602 g/mol. The SMILES string of the molecule is NCCCCc1ccc(CCCCNC(=O)C(CN)c2ccccc2)s1.O=C(O)C(F)(F)F.O=C(O)C(F)(F)F. The molecule has 40 heavy (non-hydrogen) atoms. The molecule has 226 valence electrons. The van der Waals surface area contributed by atoms with Gasteiger partial charge in [0.05, 0.1) is 5.92 Å². The molecule has 0 bridgehead atoms. The van der Waals surface area contributed by atoms with Crippen molar-refractivity contribution in [1.29, 1.82) is 0 Å². The molecule has 7 N–H and O–H groups in total. The van der Waals surface area contributed by atoms with E-state index in [0.29, 0.717) is 13.1 Å². The Kier molecular flexibility index (Phi) is 17.5. The first-order valence-electron chi connectivity index (χ1n) is 12.0. The zero-order valence-electron chi connectivity index (χ0n) is 21.4. The van der Waals surface area contributed by atoms with Gasteiger partial charge in [-0.1, -0.05) is 30.3 Å². The van der Waals surface area contributed by atoms with E-state index in [0.717, 1.165) is 44.2 Å². The van der Waals surface area contributed by atoms with Gasteiger partial charge in [0, 0.05) is 22.8 Å². The van der Waals surface area contributed by atoms with Gasteiger partial charge in [-0.3, -0.25) is 4.79 Å². The van der Waals surface area contributed by atoms with Crippen molar-refractivity contribution in [3.05, 3.63) is 57.8 Å². The van der Waals surface area contributed by atoms with E-state index in [1.165, 1.54) is 16.2 Å². The number of halogens is 6. The number of nitrogens with two attached hydrogens (primary N) is 2. The average Bonchev–Trinajstić information content (AvgIpc) is 3.32. The van der Waals surface area contributed by atoms with Crippen LogP contribution in [0.1, 0.15) is 46.9 Å². The summed E-state index contributed by atoms with van der Waals surface area (Å²) in [6.45, 7) is 1.81. The van der Waals surface area contributed by atoms with Crippen LogP contribution in [0.4, 0.5) is 26.3 Å². The number of benzene rings is 1. The maximum Gasteiger partial charge on any atom is 0.490 e. The summed E-state index contributed by atoms with van der Waals surface area (Å²) in [4.78, 5) is 33.0. The van der Waals surface area contributed by atoms with E-state index in [2.05, 4.69) is 17.4 Å². The van der Waals surface area contributed by atoms with Gasteiger partial charge in [0.1, 0.15) is 0 Å². The summed E-state index contributed by atoms with van der Waals surface area (Å²) < 4.78 is 63.5. The van der Waals surface area contributed by atoms with E-state index in [4.69, 9.17) is 31.3 Å². The number of carbonyl (C=O) groups is 3. The molecule has 1 aromatic carbocycles. The van der Waals surface area contributed by atoms with E-state index >= 15 is 0 Å². The van der Waals surface area contributed by atoms with Crippen molar-refractivity contribution in [2.45, 2.75) is 56.8 Å². The van der Waals surface area contributed by atoms with Crippen LogP contribution in [-0.2, 0) is 27.2 Å². The molecule has 1 heterocycles. The van der Waals surface area contributed by atoms with Crippen molar-refractivity contribution < 1.29 is 50.9 Å². The number of nitrogens with one attached hydrogen (secondary N) is 1. The number of amides is 1. The van der Waals surface area contributed by atoms with Crippen molar-refractivity contribution in [1.82, 2.24) is 5.32 Å². The fraction of sp³-hybridized carbons (Fsp3) is 0.480. The summed E-state index contributed by atoms with van der Waals surface area (Å²) in [5, 5.41) is 17.3. The Hall–Kier alpha value is -3.17. The summed E-state index contributed by atoms with van der Waals surface area (Å²) in [5.74, 6) is -5.75. The topological polar surface area (TPSA) is 156 Å². The Morgan fingerprint density at radius 2 is 1.23 bits per heavy atom. The monoisotopic (exact) mass is 601 g/mol. The number of hydrogen-bond acceptors (Lipinski definition) is 6. The van der Waals surface area contributed by atoms with Crippen LogP contribution in [0.2, 0.25) is 0 Å². The quantitative estimate of drug-likeness (QED) is 0.177. The molecule has 1 amide bonds. The lowest BCUT2D eigenvalue weighted by atomic mass is 9.98. The number of unbranched alkanes of at least 4 members (excludes halogenated alkanes) is 2. The van der Waals surface area contributed by atoms with Crippen LogP contribution in [0, 0.1) is 0 Å². The van der Waals surface area contributed by atoms with Gasteiger partial charge in [0.2, 0.25) is 5.91 Å². The first kappa shape index (κ1) is 36.8. The predicted octanol–water partition coefficient (Wildman–Crippen LogP) is 4.48. The largest absolute Gasteiger partial charge is 0.490 e. The van der Waals surface area contributed by atoms with Gasteiger partial charge >= 0.3 is 24.3 Å². The fourth-order valence-electron chi connectivity index (χ4n) is 2.97. The predicted molar refractivity (Wildman–Crippen MR) is 138 cm³/mol. The Labute approximate surface area is 231 Å². The second-order valence-corrected chi connectivity index (χ2v) is 9.42. The molecule has 0 radical (unpaired) electrons. The lowest BCUT2D eigenvalue weighted by Crippen LogP contribution is -2.34. The van der Waals surface area contributed by atoms with Crippen LogP contribution in [0.15, 0.2) is 42.5 Å². The van der Waals surface area contributed by atoms with Crippen molar-refractivity contribution in [3.8, 4) is 0 Å². The highest BCUT2D eigenvalue weighted by Gasteiger charge is 2.38. The molecule has 0 spiro atoms. The zero-order valence-corrected chi connectivity index (χ0v) is 22.2. The highest BCUT2D eigenvalue weighted by Crippen LogP contribution is 2.20. The Morgan fingerprint density at radius 3 is 1.62 bits per heavy atom. The van der Waals surface area contributed by atoms with E-state index < -0.39 is 24.3 Å². The molecule has 2 aromatic rings. The molecule has 1 aromatic heterocycles. The van der Waals surface area contributed by atoms with Crippen molar-refractivity contribution >= 4 is 29.2 Å². The van der Waals surface area contributed by atoms with Gasteiger partial charge in [0.25, 0.3) is 0 Å². The molecule has 1 atom stereocenters. The van der Waals surface area contributed by atoms with E-state index in [-0.39, 0.29) is 11.8 Å². The minimum atomic E-state index is -5.08. The van der Waals surface area contributed by atoms with E-state index in [1.54, 1.807) is 0 Å². The number of alkyl halides is 6. The van der Waals surface area contributed by atoms with Crippen LogP contribution < -0.4 is 16.8 Å². The maximum atomic E-state index is 12.3.